The maximum Gasteiger partial charge on any atom is 0.155 e. The summed E-state index contributed by atoms with van der Waals surface area (Å²) in [6, 6.07) is 27.1. The van der Waals surface area contributed by atoms with Gasteiger partial charge in [-0.2, -0.15) is 5.10 Å². The predicted molar refractivity (Wildman–Crippen MR) is 162 cm³/mol. The Bertz CT molecular complexity index is 1740. The first kappa shape index (κ1) is 25.4. The van der Waals surface area contributed by atoms with Gasteiger partial charge in [0.05, 0.1) is 17.9 Å². The second kappa shape index (κ2) is 11.4. The van der Waals surface area contributed by atoms with E-state index >= 15 is 0 Å². The van der Waals surface area contributed by atoms with Crippen molar-refractivity contribution in [2.45, 2.75) is 26.6 Å². The van der Waals surface area contributed by atoms with Crippen LogP contribution < -0.4 is 8.85 Å². The molecule has 6 aromatic rings. The van der Waals surface area contributed by atoms with Crippen LogP contribution >= 0.6 is 22.9 Å². The lowest BCUT2D eigenvalue weighted by Gasteiger charge is -2.14. The van der Waals surface area contributed by atoms with Crippen molar-refractivity contribution in [3.63, 3.8) is 0 Å². The summed E-state index contributed by atoms with van der Waals surface area (Å²) in [4.78, 5) is 17.5. The van der Waals surface area contributed by atoms with E-state index in [1.807, 2.05) is 43.5 Å². The summed E-state index contributed by atoms with van der Waals surface area (Å²) in [5.41, 5.74) is 10.3. The van der Waals surface area contributed by atoms with E-state index in [4.69, 9.17) is 9.97 Å². The number of fused-ring (bicyclic) bond motifs is 1. The number of imidazole rings is 1. The average molecular weight is 627 g/mol. The van der Waals surface area contributed by atoms with E-state index in [2.05, 4.69) is 95.3 Å². The van der Waals surface area contributed by atoms with Crippen molar-refractivity contribution in [3.8, 4) is 33.8 Å². The maximum absolute atomic E-state index is 4.98. The van der Waals surface area contributed by atoms with Crippen LogP contribution in [-0.2, 0) is 19.6 Å². The molecule has 0 amide bonds. The second-order valence-corrected chi connectivity index (χ2v) is 10.0. The molecule has 0 radical (unpaired) electrons. The van der Waals surface area contributed by atoms with Gasteiger partial charge in [-0.3, -0.25) is 8.51 Å². The zero-order valence-corrected chi connectivity index (χ0v) is 23.6. The lowest BCUT2D eigenvalue weighted by Crippen LogP contribution is -2.14. The number of aromatic nitrogens is 6. The van der Waals surface area contributed by atoms with Crippen molar-refractivity contribution >= 4 is 28.5 Å². The van der Waals surface area contributed by atoms with Gasteiger partial charge in [-0.1, -0.05) is 54.6 Å². The third-order valence-corrected chi connectivity index (χ3v) is 7.02. The minimum Gasteiger partial charge on any atom is -0.340 e. The number of aromatic amines is 1. The van der Waals surface area contributed by atoms with Crippen LogP contribution in [0.4, 0.5) is 0 Å². The number of H-pyrrole nitrogens is 1. The normalized spacial score (nSPS) is 11.3. The molecule has 0 saturated heterocycles. The fraction of sp³-hybridized carbons (Fsp3) is 0.133. The summed E-state index contributed by atoms with van der Waals surface area (Å²) in [5, 5.41) is 7.90. The van der Waals surface area contributed by atoms with Crippen molar-refractivity contribution in [1.29, 1.82) is 0 Å². The van der Waals surface area contributed by atoms with Crippen LogP contribution in [-0.4, -0.2) is 29.5 Å². The SMILES string of the molecule is Cc1cccc(-c2nc(CNCc3ccccc3-c3ccccc3CNI)[nH]c2-c2ccc3ncnn3c2)n1. The standard InChI is InChI=1S/C30H27IN8/c1-20-7-6-12-26(36-20)30-29(23-13-14-28-33-19-35-39(28)18-23)37-27(38-30)17-32-15-21-8-2-4-10-24(21)25-11-5-3-9-22(25)16-34-31/h2-14,18-19,32,34H,15-17H2,1H3,(H,37,38). The van der Waals surface area contributed by atoms with E-state index in [1.54, 1.807) is 10.8 Å². The number of halogens is 1. The number of nitrogens with zero attached hydrogens (tertiary/aromatic N) is 5. The summed E-state index contributed by atoms with van der Waals surface area (Å²) in [6.07, 6.45) is 3.52. The zero-order valence-electron chi connectivity index (χ0n) is 21.4. The first-order valence-electron chi connectivity index (χ1n) is 12.7. The Kier molecular flexibility index (Phi) is 7.44. The number of hydrogen-bond donors (Lipinski definition) is 3. The van der Waals surface area contributed by atoms with Gasteiger partial charge in [-0.15, -0.1) is 0 Å². The Labute approximate surface area is 240 Å². The lowest BCUT2D eigenvalue weighted by molar-refractivity contribution is 0.670. The van der Waals surface area contributed by atoms with Crippen LogP contribution in [0.2, 0.25) is 0 Å². The Morgan fingerprint density at radius 2 is 1.59 bits per heavy atom. The molecule has 39 heavy (non-hydrogen) atoms. The highest BCUT2D eigenvalue weighted by Crippen LogP contribution is 2.30. The highest BCUT2D eigenvalue weighted by atomic mass is 127. The summed E-state index contributed by atoms with van der Waals surface area (Å²) in [6.45, 7) is 4.09. The average Bonchev–Trinajstić information content (AvgIpc) is 3.61. The Balaban J connectivity index is 1.28. The van der Waals surface area contributed by atoms with E-state index in [0.29, 0.717) is 13.1 Å². The van der Waals surface area contributed by atoms with Gasteiger partial charge in [0.2, 0.25) is 0 Å². The largest absolute Gasteiger partial charge is 0.340 e. The van der Waals surface area contributed by atoms with Gasteiger partial charge in [0, 0.05) is 53.4 Å². The van der Waals surface area contributed by atoms with E-state index < -0.39 is 0 Å². The highest BCUT2D eigenvalue weighted by molar-refractivity contribution is 14.1. The molecule has 0 fully saturated rings. The molecule has 0 atom stereocenters. The fourth-order valence-electron chi connectivity index (χ4n) is 4.80. The molecule has 4 aromatic heterocycles. The molecule has 0 spiro atoms. The van der Waals surface area contributed by atoms with Crippen LogP contribution in [0, 0.1) is 6.92 Å². The highest BCUT2D eigenvalue weighted by Gasteiger charge is 2.17. The number of hydrogen-bond acceptors (Lipinski definition) is 6. The summed E-state index contributed by atoms with van der Waals surface area (Å²) in [5.74, 6) is 0.842. The topological polar surface area (TPSA) is 95.8 Å². The van der Waals surface area contributed by atoms with Crippen molar-refractivity contribution in [1.82, 2.24) is 38.4 Å². The summed E-state index contributed by atoms with van der Waals surface area (Å²) in [7, 11) is 0. The zero-order chi connectivity index (χ0) is 26.6. The number of pyridine rings is 2. The molecule has 3 N–H and O–H groups in total. The molecule has 2 aromatic carbocycles. The first-order chi connectivity index (χ1) is 19.2. The smallest absolute Gasteiger partial charge is 0.155 e. The van der Waals surface area contributed by atoms with Crippen LogP contribution in [0.3, 0.4) is 0 Å². The minimum atomic E-state index is 0.579. The Morgan fingerprint density at radius 1 is 0.821 bits per heavy atom. The van der Waals surface area contributed by atoms with Crippen molar-refractivity contribution in [2.75, 3.05) is 0 Å². The monoisotopic (exact) mass is 626 g/mol. The van der Waals surface area contributed by atoms with E-state index in [-0.39, 0.29) is 0 Å². The quantitative estimate of drug-likeness (QED) is 0.137. The number of aryl methyl sites for hydroxylation is 1. The van der Waals surface area contributed by atoms with Gasteiger partial charge in [0.15, 0.2) is 5.65 Å². The molecule has 0 aliphatic heterocycles. The minimum absolute atomic E-state index is 0.579. The van der Waals surface area contributed by atoms with Crippen LogP contribution in [0.15, 0.2) is 91.4 Å². The molecule has 4 heterocycles. The molecular formula is C30H27IN8. The van der Waals surface area contributed by atoms with Gasteiger partial charge < -0.3 is 10.3 Å². The van der Waals surface area contributed by atoms with Crippen molar-refractivity contribution in [3.05, 3.63) is 114 Å². The molecule has 6 rings (SSSR count). The second-order valence-electron chi connectivity index (χ2n) is 9.28. The molecule has 194 valence electrons. The molecule has 0 aliphatic carbocycles. The lowest BCUT2D eigenvalue weighted by atomic mass is 9.95. The summed E-state index contributed by atoms with van der Waals surface area (Å²) >= 11 is 2.20. The number of nitrogens with one attached hydrogen (secondary N) is 3. The molecular weight excluding hydrogens is 599 g/mol. The van der Waals surface area contributed by atoms with Gasteiger partial charge in [0.25, 0.3) is 0 Å². The molecule has 0 saturated carbocycles. The fourth-order valence-corrected chi connectivity index (χ4v) is 5.21. The van der Waals surface area contributed by atoms with Gasteiger partial charge >= 0.3 is 0 Å². The Hall–Kier alpha value is -3.93. The molecule has 8 nitrogen and oxygen atoms in total. The van der Waals surface area contributed by atoms with Gasteiger partial charge in [-0.05, 0) is 53.4 Å². The maximum atomic E-state index is 4.98. The molecule has 9 heteroatoms. The number of rotatable bonds is 9. The predicted octanol–water partition coefficient (Wildman–Crippen LogP) is 5.89. The third-order valence-electron chi connectivity index (χ3n) is 6.64. The van der Waals surface area contributed by atoms with E-state index in [9.17, 15) is 0 Å². The first-order valence-corrected chi connectivity index (χ1v) is 13.8. The van der Waals surface area contributed by atoms with Crippen molar-refractivity contribution < 1.29 is 0 Å². The van der Waals surface area contributed by atoms with Gasteiger partial charge in [-0.25, -0.2) is 14.5 Å². The number of benzene rings is 2. The van der Waals surface area contributed by atoms with Crippen LogP contribution in [0.25, 0.3) is 39.4 Å². The van der Waals surface area contributed by atoms with Crippen LogP contribution in [0.5, 0.6) is 0 Å². The van der Waals surface area contributed by atoms with E-state index in [1.165, 1.54) is 22.3 Å². The van der Waals surface area contributed by atoms with E-state index in [0.717, 1.165) is 46.4 Å². The van der Waals surface area contributed by atoms with Gasteiger partial charge in [0.1, 0.15) is 17.8 Å². The summed E-state index contributed by atoms with van der Waals surface area (Å²) < 4.78 is 5.02. The molecule has 0 unspecified atom stereocenters. The molecule has 0 aliphatic rings. The molecule has 0 bridgehead atoms. The third kappa shape index (κ3) is 5.47. The Morgan fingerprint density at radius 3 is 2.36 bits per heavy atom. The van der Waals surface area contributed by atoms with Crippen molar-refractivity contribution in [2.24, 2.45) is 0 Å². The van der Waals surface area contributed by atoms with Crippen LogP contribution in [0.1, 0.15) is 22.6 Å².